The van der Waals surface area contributed by atoms with Crippen molar-refractivity contribution in [3.63, 3.8) is 0 Å². The van der Waals surface area contributed by atoms with E-state index < -0.39 is 11.6 Å². The lowest BCUT2D eigenvalue weighted by Crippen LogP contribution is -2.01. The van der Waals surface area contributed by atoms with Crippen molar-refractivity contribution in [2.75, 3.05) is 0 Å². The number of allylic oxidation sites excluding steroid dienone is 1. The number of hydrogen-bond donors (Lipinski definition) is 0. The van der Waals surface area contributed by atoms with Gasteiger partial charge in [0, 0.05) is 23.4 Å². The predicted molar refractivity (Wildman–Crippen MR) is 96.3 cm³/mol. The highest BCUT2D eigenvalue weighted by molar-refractivity contribution is 7.98. The van der Waals surface area contributed by atoms with Crippen molar-refractivity contribution in [3.8, 4) is 11.4 Å². The average Bonchev–Trinajstić information content (AvgIpc) is 2.98. The minimum atomic E-state index is -0.554. The Bertz CT molecular complexity index is 885. The molecular formula is C19H17F2N3S. The summed E-state index contributed by atoms with van der Waals surface area (Å²) in [5, 5.41) is 9.05. The maximum Gasteiger partial charge on any atom is 0.192 e. The van der Waals surface area contributed by atoms with Crippen molar-refractivity contribution in [3.05, 3.63) is 77.9 Å². The molecule has 0 fully saturated rings. The second-order valence-electron chi connectivity index (χ2n) is 5.56. The van der Waals surface area contributed by atoms with Gasteiger partial charge in [0.15, 0.2) is 11.0 Å². The fraction of sp³-hybridized carbons (Fsp3) is 0.158. The smallest absolute Gasteiger partial charge is 0.192 e. The first-order chi connectivity index (χ1) is 12.1. The van der Waals surface area contributed by atoms with Crippen LogP contribution in [-0.4, -0.2) is 14.8 Å². The van der Waals surface area contributed by atoms with Gasteiger partial charge in [0.1, 0.15) is 11.6 Å². The van der Waals surface area contributed by atoms with Crippen molar-refractivity contribution in [1.29, 1.82) is 0 Å². The van der Waals surface area contributed by atoms with Gasteiger partial charge in [-0.05, 0) is 25.1 Å². The molecule has 0 bridgehead atoms. The van der Waals surface area contributed by atoms with Gasteiger partial charge in [-0.1, -0.05) is 47.7 Å². The van der Waals surface area contributed by atoms with Gasteiger partial charge in [-0.25, -0.2) is 8.78 Å². The molecule has 3 aromatic rings. The second kappa shape index (κ2) is 7.61. The van der Waals surface area contributed by atoms with E-state index in [1.807, 2.05) is 35.8 Å². The number of hydrogen-bond acceptors (Lipinski definition) is 3. The molecule has 0 amide bonds. The van der Waals surface area contributed by atoms with Crippen LogP contribution in [0.15, 0.2) is 60.3 Å². The van der Waals surface area contributed by atoms with Crippen molar-refractivity contribution in [1.82, 2.24) is 14.8 Å². The molecule has 0 aliphatic carbocycles. The van der Waals surface area contributed by atoms with Gasteiger partial charge in [-0.2, -0.15) is 0 Å². The zero-order valence-corrected chi connectivity index (χ0v) is 14.6. The molecular weight excluding hydrogens is 340 g/mol. The van der Waals surface area contributed by atoms with Crippen LogP contribution in [0.3, 0.4) is 0 Å². The van der Waals surface area contributed by atoms with Crippen LogP contribution in [0.1, 0.15) is 11.1 Å². The van der Waals surface area contributed by atoms with Gasteiger partial charge in [0.25, 0.3) is 0 Å². The van der Waals surface area contributed by atoms with Crippen LogP contribution in [0.25, 0.3) is 11.4 Å². The molecule has 0 radical (unpaired) electrons. The fourth-order valence-electron chi connectivity index (χ4n) is 2.49. The van der Waals surface area contributed by atoms with Crippen LogP contribution < -0.4 is 0 Å². The lowest BCUT2D eigenvalue weighted by atomic mass is 10.1. The lowest BCUT2D eigenvalue weighted by molar-refractivity contribution is 0.566. The third kappa shape index (κ3) is 3.79. The molecule has 3 rings (SSSR count). The summed E-state index contributed by atoms with van der Waals surface area (Å²) in [4.78, 5) is 0. The molecule has 0 aliphatic heterocycles. The molecule has 0 saturated carbocycles. The number of halogens is 2. The summed E-state index contributed by atoms with van der Waals surface area (Å²) in [6.45, 7) is 6.29. The predicted octanol–water partition coefficient (Wildman–Crippen LogP) is 5.01. The summed E-state index contributed by atoms with van der Waals surface area (Å²) in [6.07, 6.45) is 1.75. The van der Waals surface area contributed by atoms with Crippen LogP contribution in [0.5, 0.6) is 0 Å². The highest BCUT2D eigenvalue weighted by Gasteiger charge is 2.16. The number of rotatable bonds is 6. The van der Waals surface area contributed by atoms with E-state index in [-0.39, 0.29) is 11.3 Å². The quantitative estimate of drug-likeness (QED) is 0.459. The van der Waals surface area contributed by atoms with E-state index >= 15 is 0 Å². The first-order valence-electron chi connectivity index (χ1n) is 7.77. The number of benzene rings is 2. The van der Waals surface area contributed by atoms with Crippen LogP contribution in [-0.2, 0) is 12.3 Å². The molecule has 0 atom stereocenters. The van der Waals surface area contributed by atoms with E-state index in [4.69, 9.17) is 0 Å². The standard InChI is InChI=1S/C19H17F2N3S/c1-3-10-24-18(14-7-4-6-13(2)11-14)22-23-19(24)25-12-15-16(20)8-5-9-17(15)21/h3-9,11H,1,10,12H2,2H3. The Labute approximate surface area is 149 Å². The minimum Gasteiger partial charge on any atom is -0.298 e. The van der Waals surface area contributed by atoms with Gasteiger partial charge in [-0.3, -0.25) is 4.57 Å². The van der Waals surface area contributed by atoms with Crippen molar-refractivity contribution in [2.45, 2.75) is 24.4 Å². The summed E-state index contributed by atoms with van der Waals surface area (Å²) >= 11 is 1.25. The molecule has 6 heteroatoms. The molecule has 25 heavy (non-hydrogen) atoms. The van der Waals surface area contributed by atoms with Crippen LogP contribution >= 0.6 is 11.8 Å². The third-order valence-corrected chi connectivity index (χ3v) is 4.71. The topological polar surface area (TPSA) is 30.7 Å². The Balaban J connectivity index is 1.91. The van der Waals surface area contributed by atoms with E-state index in [0.717, 1.165) is 11.1 Å². The van der Waals surface area contributed by atoms with E-state index in [1.54, 1.807) is 6.08 Å². The first-order valence-corrected chi connectivity index (χ1v) is 8.75. The average molecular weight is 357 g/mol. The molecule has 1 aromatic heterocycles. The highest BCUT2D eigenvalue weighted by atomic mass is 32.2. The molecule has 1 heterocycles. The highest BCUT2D eigenvalue weighted by Crippen LogP contribution is 2.28. The Morgan fingerprint density at radius 1 is 1.12 bits per heavy atom. The Kier molecular flexibility index (Phi) is 5.28. The maximum absolute atomic E-state index is 13.8. The van der Waals surface area contributed by atoms with Gasteiger partial charge in [-0.15, -0.1) is 16.8 Å². The SMILES string of the molecule is C=CCn1c(SCc2c(F)cccc2F)nnc1-c1cccc(C)c1. The summed E-state index contributed by atoms with van der Waals surface area (Å²) in [7, 11) is 0. The van der Waals surface area contributed by atoms with Crippen LogP contribution in [0, 0.1) is 18.6 Å². The Hall–Kier alpha value is -2.47. The number of thioether (sulfide) groups is 1. The first kappa shape index (κ1) is 17.4. The lowest BCUT2D eigenvalue weighted by Gasteiger charge is -2.09. The fourth-order valence-corrected chi connectivity index (χ4v) is 3.46. The van der Waals surface area contributed by atoms with E-state index in [9.17, 15) is 8.78 Å². The summed E-state index contributed by atoms with van der Waals surface area (Å²) in [6, 6.07) is 11.8. The van der Waals surface area contributed by atoms with Crippen molar-refractivity contribution < 1.29 is 8.78 Å². The van der Waals surface area contributed by atoms with E-state index in [2.05, 4.69) is 16.8 Å². The van der Waals surface area contributed by atoms with Crippen molar-refractivity contribution in [2.24, 2.45) is 0 Å². The summed E-state index contributed by atoms with van der Waals surface area (Å²) in [5.74, 6) is -0.260. The summed E-state index contributed by atoms with van der Waals surface area (Å²) < 4.78 is 29.5. The normalized spacial score (nSPS) is 10.8. The molecule has 0 saturated heterocycles. The second-order valence-corrected chi connectivity index (χ2v) is 6.51. The molecule has 0 spiro atoms. The zero-order chi connectivity index (χ0) is 17.8. The monoisotopic (exact) mass is 357 g/mol. The number of nitrogens with zero attached hydrogens (tertiary/aromatic N) is 3. The Morgan fingerprint density at radius 2 is 1.84 bits per heavy atom. The van der Waals surface area contributed by atoms with Gasteiger partial charge < -0.3 is 0 Å². The largest absolute Gasteiger partial charge is 0.298 e. The number of aromatic nitrogens is 3. The molecule has 0 unspecified atom stereocenters. The molecule has 0 N–H and O–H groups in total. The van der Waals surface area contributed by atoms with E-state index in [1.165, 1.54) is 30.0 Å². The zero-order valence-electron chi connectivity index (χ0n) is 13.7. The minimum absolute atomic E-state index is 0.0396. The van der Waals surface area contributed by atoms with Crippen LogP contribution in [0.2, 0.25) is 0 Å². The Morgan fingerprint density at radius 3 is 2.52 bits per heavy atom. The van der Waals surface area contributed by atoms with Crippen molar-refractivity contribution >= 4 is 11.8 Å². The summed E-state index contributed by atoms with van der Waals surface area (Å²) in [5.41, 5.74) is 2.10. The molecule has 0 aliphatic rings. The third-order valence-electron chi connectivity index (χ3n) is 3.71. The van der Waals surface area contributed by atoms with E-state index in [0.29, 0.717) is 17.5 Å². The molecule has 128 valence electrons. The number of aryl methyl sites for hydroxylation is 1. The molecule has 2 aromatic carbocycles. The van der Waals surface area contributed by atoms with Gasteiger partial charge in [0.05, 0.1) is 0 Å². The van der Waals surface area contributed by atoms with Crippen LogP contribution in [0.4, 0.5) is 8.78 Å². The maximum atomic E-state index is 13.8. The molecule has 3 nitrogen and oxygen atoms in total. The van der Waals surface area contributed by atoms with Gasteiger partial charge >= 0.3 is 0 Å². The van der Waals surface area contributed by atoms with Gasteiger partial charge in [0.2, 0.25) is 0 Å².